The van der Waals surface area contributed by atoms with Crippen LogP contribution < -0.4 is 10.2 Å². The van der Waals surface area contributed by atoms with Crippen LogP contribution in [0.5, 0.6) is 0 Å². The number of rotatable bonds is 7. The van der Waals surface area contributed by atoms with Crippen molar-refractivity contribution in [3.05, 3.63) is 29.8 Å². The smallest absolute Gasteiger partial charge is 0.0366 e. The maximum atomic E-state index is 3.49. The summed E-state index contributed by atoms with van der Waals surface area (Å²) in [5.74, 6) is 0. The number of piperazine rings is 1. The lowest BCUT2D eigenvalue weighted by atomic mass is 9.97. The molecule has 2 heterocycles. The standard InChI is InChI=1S/C20H33N3/c1-2-3-4-7-20(23-16-12-21-13-17-23)18-8-10-19(11-9-18)22-14-5-6-15-22/h8-11,20-21H,2-7,12-17H2,1H3/t20-/m1/s1. The van der Waals surface area contributed by atoms with Crippen molar-refractivity contribution in [2.24, 2.45) is 0 Å². The molecule has 0 unspecified atom stereocenters. The highest BCUT2D eigenvalue weighted by molar-refractivity contribution is 5.48. The Hall–Kier alpha value is -1.06. The zero-order chi connectivity index (χ0) is 15.9. The van der Waals surface area contributed by atoms with Crippen molar-refractivity contribution in [1.82, 2.24) is 10.2 Å². The molecular formula is C20H33N3. The molecule has 1 N–H and O–H groups in total. The fourth-order valence-corrected chi connectivity index (χ4v) is 4.02. The van der Waals surface area contributed by atoms with Crippen molar-refractivity contribution in [2.45, 2.75) is 51.5 Å². The molecule has 0 bridgehead atoms. The third-order valence-corrected chi connectivity index (χ3v) is 5.42. The van der Waals surface area contributed by atoms with Gasteiger partial charge in [0, 0.05) is 51.0 Å². The fourth-order valence-electron chi connectivity index (χ4n) is 4.02. The third-order valence-electron chi connectivity index (χ3n) is 5.42. The number of nitrogens with zero attached hydrogens (tertiary/aromatic N) is 2. The fraction of sp³-hybridized carbons (Fsp3) is 0.700. The Bertz CT molecular complexity index is 444. The van der Waals surface area contributed by atoms with Gasteiger partial charge in [-0.2, -0.15) is 0 Å². The van der Waals surface area contributed by atoms with E-state index >= 15 is 0 Å². The van der Waals surface area contributed by atoms with Gasteiger partial charge in [0.25, 0.3) is 0 Å². The lowest BCUT2D eigenvalue weighted by molar-refractivity contribution is 0.163. The van der Waals surface area contributed by atoms with Gasteiger partial charge in [0.1, 0.15) is 0 Å². The summed E-state index contributed by atoms with van der Waals surface area (Å²) in [6.07, 6.45) is 8.01. The average Bonchev–Trinajstić information content (AvgIpc) is 3.14. The first-order valence-corrected chi connectivity index (χ1v) is 9.68. The van der Waals surface area contributed by atoms with Crippen molar-refractivity contribution in [3.63, 3.8) is 0 Å². The average molecular weight is 316 g/mol. The molecule has 3 rings (SSSR count). The summed E-state index contributed by atoms with van der Waals surface area (Å²) < 4.78 is 0. The number of benzene rings is 1. The second kappa shape index (κ2) is 8.70. The van der Waals surface area contributed by atoms with Crippen molar-refractivity contribution in [2.75, 3.05) is 44.2 Å². The van der Waals surface area contributed by atoms with E-state index in [1.165, 1.54) is 76.0 Å². The first kappa shape index (κ1) is 16.8. The molecule has 3 nitrogen and oxygen atoms in total. The lowest BCUT2D eigenvalue weighted by Gasteiger charge is -2.35. The quantitative estimate of drug-likeness (QED) is 0.772. The van der Waals surface area contributed by atoms with Crippen LogP contribution >= 0.6 is 0 Å². The van der Waals surface area contributed by atoms with E-state index in [9.17, 15) is 0 Å². The molecule has 2 fully saturated rings. The van der Waals surface area contributed by atoms with E-state index in [4.69, 9.17) is 0 Å². The van der Waals surface area contributed by atoms with Gasteiger partial charge in [-0.1, -0.05) is 38.3 Å². The van der Waals surface area contributed by atoms with Crippen molar-refractivity contribution < 1.29 is 0 Å². The number of anilines is 1. The van der Waals surface area contributed by atoms with Gasteiger partial charge in [-0.3, -0.25) is 4.90 Å². The van der Waals surface area contributed by atoms with Gasteiger partial charge >= 0.3 is 0 Å². The van der Waals surface area contributed by atoms with Crippen molar-refractivity contribution >= 4 is 5.69 Å². The van der Waals surface area contributed by atoms with E-state index < -0.39 is 0 Å². The first-order valence-electron chi connectivity index (χ1n) is 9.68. The normalized spacial score (nSPS) is 20.8. The molecule has 3 heteroatoms. The van der Waals surface area contributed by atoms with E-state index in [-0.39, 0.29) is 0 Å². The molecule has 2 saturated heterocycles. The van der Waals surface area contributed by atoms with E-state index in [1.54, 1.807) is 0 Å². The maximum Gasteiger partial charge on any atom is 0.0366 e. The minimum absolute atomic E-state index is 0.608. The molecule has 1 atom stereocenters. The zero-order valence-electron chi connectivity index (χ0n) is 14.8. The lowest BCUT2D eigenvalue weighted by Crippen LogP contribution is -2.45. The highest BCUT2D eigenvalue weighted by Gasteiger charge is 2.22. The van der Waals surface area contributed by atoms with Crippen LogP contribution in [0, 0.1) is 0 Å². The van der Waals surface area contributed by atoms with Crippen molar-refractivity contribution in [3.8, 4) is 0 Å². The summed E-state index contributed by atoms with van der Waals surface area (Å²) in [5.41, 5.74) is 2.94. The van der Waals surface area contributed by atoms with Crippen LogP contribution in [0.1, 0.15) is 57.1 Å². The SMILES string of the molecule is CCCCC[C@H](c1ccc(N2CCCC2)cc1)N1CCNCC1. The highest BCUT2D eigenvalue weighted by atomic mass is 15.2. The number of nitrogens with one attached hydrogen (secondary N) is 1. The Morgan fingerprint density at radius 2 is 1.65 bits per heavy atom. The molecule has 23 heavy (non-hydrogen) atoms. The van der Waals surface area contributed by atoms with Gasteiger partial charge in [0.15, 0.2) is 0 Å². The Morgan fingerprint density at radius 3 is 2.30 bits per heavy atom. The van der Waals surface area contributed by atoms with Crippen molar-refractivity contribution in [1.29, 1.82) is 0 Å². The number of hydrogen-bond acceptors (Lipinski definition) is 3. The van der Waals surface area contributed by atoms with Gasteiger partial charge in [0.2, 0.25) is 0 Å². The van der Waals surface area contributed by atoms with Gasteiger partial charge in [-0.15, -0.1) is 0 Å². The van der Waals surface area contributed by atoms with Crippen LogP contribution in [0.3, 0.4) is 0 Å². The number of unbranched alkanes of at least 4 members (excludes halogenated alkanes) is 2. The summed E-state index contributed by atoms with van der Waals surface area (Å²) in [5, 5.41) is 3.49. The predicted octanol–water partition coefficient (Wildman–Crippen LogP) is 3.81. The molecule has 0 amide bonds. The van der Waals surface area contributed by atoms with Crippen LogP contribution in [-0.2, 0) is 0 Å². The highest BCUT2D eigenvalue weighted by Crippen LogP contribution is 2.29. The summed E-state index contributed by atoms with van der Waals surface area (Å²) >= 11 is 0. The summed E-state index contributed by atoms with van der Waals surface area (Å²) in [4.78, 5) is 5.22. The van der Waals surface area contributed by atoms with E-state index in [0.29, 0.717) is 6.04 Å². The molecule has 0 aliphatic carbocycles. The van der Waals surface area contributed by atoms with Gasteiger partial charge in [-0.05, 0) is 37.0 Å². The van der Waals surface area contributed by atoms with Crippen LogP contribution in [0.15, 0.2) is 24.3 Å². The van der Waals surface area contributed by atoms with Gasteiger partial charge in [-0.25, -0.2) is 0 Å². The molecule has 0 aromatic heterocycles. The van der Waals surface area contributed by atoms with E-state index in [2.05, 4.69) is 46.3 Å². The third kappa shape index (κ3) is 4.48. The molecule has 0 saturated carbocycles. The van der Waals surface area contributed by atoms with Crippen LogP contribution in [-0.4, -0.2) is 44.2 Å². The minimum atomic E-state index is 0.608. The molecule has 2 aliphatic rings. The largest absolute Gasteiger partial charge is 0.372 e. The number of hydrogen-bond donors (Lipinski definition) is 1. The monoisotopic (exact) mass is 315 g/mol. The Kier molecular flexibility index (Phi) is 6.35. The maximum absolute atomic E-state index is 3.49. The summed E-state index contributed by atoms with van der Waals surface area (Å²) in [7, 11) is 0. The predicted molar refractivity (Wildman–Crippen MR) is 99.2 cm³/mol. The Balaban J connectivity index is 1.69. The molecule has 0 spiro atoms. The van der Waals surface area contributed by atoms with Crippen LogP contribution in [0.4, 0.5) is 5.69 Å². The second-order valence-corrected chi connectivity index (χ2v) is 7.08. The molecule has 128 valence electrons. The second-order valence-electron chi connectivity index (χ2n) is 7.08. The molecule has 1 aromatic rings. The molecule has 1 aromatic carbocycles. The first-order chi connectivity index (χ1) is 11.4. The van der Waals surface area contributed by atoms with Crippen LogP contribution in [0.25, 0.3) is 0 Å². The molecule has 2 aliphatic heterocycles. The molecular weight excluding hydrogens is 282 g/mol. The Morgan fingerprint density at radius 1 is 0.957 bits per heavy atom. The topological polar surface area (TPSA) is 18.5 Å². The zero-order valence-corrected chi connectivity index (χ0v) is 14.8. The van der Waals surface area contributed by atoms with E-state index in [0.717, 1.165) is 13.1 Å². The van der Waals surface area contributed by atoms with Crippen LogP contribution in [0.2, 0.25) is 0 Å². The summed E-state index contributed by atoms with van der Waals surface area (Å²) in [6.45, 7) is 9.40. The Labute approximate surface area is 142 Å². The van der Waals surface area contributed by atoms with Gasteiger partial charge in [0.05, 0.1) is 0 Å². The summed E-state index contributed by atoms with van der Waals surface area (Å²) in [6, 6.07) is 10.1. The van der Waals surface area contributed by atoms with Gasteiger partial charge < -0.3 is 10.2 Å². The van der Waals surface area contributed by atoms with E-state index in [1.807, 2.05) is 0 Å². The molecule has 0 radical (unpaired) electrons. The minimum Gasteiger partial charge on any atom is -0.372 e.